The van der Waals surface area contributed by atoms with Crippen LogP contribution in [0.2, 0.25) is 0 Å². The predicted octanol–water partition coefficient (Wildman–Crippen LogP) is 2.54. The monoisotopic (exact) mass is 229 g/mol. The minimum atomic E-state index is -0.536. The molecule has 0 atom stereocenters. The molecule has 86 valence electrons. The van der Waals surface area contributed by atoms with Crippen LogP contribution in [0, 0.1) is 6.92 Å². The lowest BCUT2D eigenvalue weighted by molar-refractivity contribution is -0.149. The lowest BCUT2D eigenvalue weighted by Crippen LogP contribution is -2.08. The van der Waals surface area contributed by atoms with E-state index in [-0.39, 0.29) is 0 Å². The van der Waals surface area contributed by atoms with E-state index in [9.17, 15) is 4.79 Å². The van der Waals surface area contributed by atoms with Crippen molar-refractivity contribution in [3.63, 3.8) is 0 Å². The van der Waals surface area contributed by atoms with Crippen LogP contribution in [-0.4, -0.2) is 11.0 Å². The fraction of sp³-hybridized carbons (Fsp3) is 0.0769. The number of rotatable bonds is 3. The molecule has 0 unspecified atom stereocenters. The maximum absolute atomic E-state index is 11.5. The predicted molar refractivity (Wildman–Crippen MR) is 61.5 cm³/mol. The van der Waals surface area contributed by atoms with Crippen molar-refractivity contribution >= 4 is 5.97 Å². The molecule has 2 rings (SSSR count). The molecule has 0 fully saturated rings. The zero-order chi connectivity index (χ0) is 12.1. The molecule has 0 amide bonds. The van der Waals surface area contributed by atoms with Crippen LogP contribution in [0.5, 0.6) is 5.75 Å². The van der Waals surface area contributed by atoms with Crippen molar-refractivity contribution in [3.05, 3.63) is 59.9 Å². The molecule has 4 nitrogen and oxygen atoms in total. The Balaban J connectivity index is 1.95. The zero-order valence-corrected chi connectivity index (χ0v) is 9.29. The highest BCUT2D eigenvalue weighted by Gasteiger charge is 2.08. The summed E-state index contributed by atoms with van der Waals surface area (Å²) in [5, 5.41) is 0. The van der Waals surface area contributed by atoms with Gasteiger partial charge in [0, 0.05) is 5.69 Å². The molecule has 0 aliphatic rings. The molecule has 0 spiro atoms. The molecular formula is C13H11NO3. The summed E-state index contributed by atoms with van der Waals surface area (Å²) in [6.45, 7) is 1.86. The summed E-state index contributed by atoms with van der Waals surface area (Å²) in [6.07, 6.45) is 1.49. The van der Waals surface area contributed by atoms with Gasteiger partial charge in [-0.1, -0.05) is 18.2 Å². The van der Waals surface area contributed by atoms with Crippen molar-refractivity contribution in [2.24, 2.45) is 0 Å². The third-order valence-corrected chi connectivity index (χ3v) is 2.11. The van der Waals surface area contributed by atoms with Crippen LogP contribution < -0.4 is 4.89 Å². The van der Waals surface area contributed by atoms with Gasteiger partial charge in [-0.25, -0.2) is 9.68 Å². The zero-order valence-electron chi connectivity index (χ0n) is 9.29. The Morgan fingerprint density at radius 1 is 1.12 bits per heavy atom. The van der Waals surface area contributed by atoms with Gasteiger partial charge in [0.2, 0.25) is 0 Å². The van der Waals surface area contributed by atoms with Crippen molar-refractivity contribution in [1.82, 2.24) is 4.98 Å². The molecule has 1 aromatic heterocycles. The smallest absolute Gasteiger partial charge is 0.285 e. The number of hydrogen-bond acceptors (Lipinski definition) is 4. The Hall–Kier alpha value is -2.36. The summed E-state index contributed by atoms with van der Waals surface area (Å²) >= 11 is 0. The topological polar surface area (TPSA) is 48.4 Å². The minimum Gasteiger partial charge on any atom is -0.285 e. The first kappa shape index (κ1) is 11.1. The summed E-state index contributed by atoms with van der Waals surface area (Å²) < 4.78 is 0. The molecule has 17 heavy (non-hydrogen) atoms. The summed E-state index contributed by atoms with van der Waals surface area (Å²) in [4.78, 5) is 25.1. The fourth-order valence-electron chi connectivity index (χ4n) is 1.21. The highest BCUT2D eigenvalue weighted by Crippen LogP contribution is 2.10. The van der Waals surface area contributed by atoms with Gasteiger partial charge in [-0.3, -0.25) is 9.87 Å². The standard InChI is InChI=1S/C13H11NO3/c1-10-7-8-12(9-14-10)16-17-13(15)11-5-3-2-4-6-11/h2-9H,1H3. The normalized spacial score (nSPS) is 9.71. The van der Waals surface area contributed by atoms with E-state index in [0.717, 1.165) is 5.69 Å². The Kier molecular flexibility index (Phi) is 3.35. The number of carbonyl (C=O) groups excluding carboxylic acids is 1. The fourth-order valence-corrected chi connectivity index (χ4v) is 1.21. The Morgan fingerprint density at radius 3 is 2.53 bits per heavy atom. The Morgan fingerprint density at radius 2 is 1.88 bits per heavy atom. The number of hydrogen-bond donors (Lipinski definition) is 0. The molecule has 1 aromatic carbocycles. The Bertz CT molecular complexity index is 494. The molecule has 4 heteroatoms. The van der Waals surface area contributed by atoms with Gasteiger partial charge >= 0.3 is 5.97 Å². The van der Waals surface area contributed by atoms with Crippen LogP contribution in [0.15, 0.2) is 48.7 Å². The van der Waals surface area contributed by atoms with E-state index in [4.69, 9.17) is 4.89 Å². The molecule has 0 aliphatic carbocycles. The number of benzene rings is 1. The largest absolute Gasteiger partial charge is 0.386 e. The third-order valence-electron chi connectivity index (χ3n) is 2.11. The highest BCUT2D eigenvalue weighted by molar-refractivity contribution is 5.88. The number of nitrogens with zero attached hydrogens (tertiary/aromatic N) is 1. The van der Waals surface area contributed by atoms with Crippen LogP contribution in [0.1, 0.15) is 16.1 Å². The van der Waals surface area contributed by atoms with E-state index >= 15 is 0 Å². The van der Waals surface area contributed by atoms with Gasteiger partial charge in [0.15, 0.2) is 5.75 Å². The molecule has 1 heterocycles. The van der Waals surface area contributed by atoms with Crippen molar-refractivity contribution in [1.29, 1.82) is 0 Å². The second kappa shape index (κ2) is 5.12. The number of carbonyl (C=O) groups is 1. The summed E-state index contributed by atoms with van der Waals surface area (Å²) in [5.41, 5.74) is 1.30. The van der Waals surface area contributed by atoms with Gasteiger partial charge < -0.3 is 0 Å². The van der Waals surface area contributed by atoms with Gasteiger partial charge in [0.05, 0.1) is 11.8 Å². The van der Waals surface area contributed by atoms with E-state index in [0.29, 0.717) is 11.3 Å². The van der Waals surface area contributed by atoms with Crippen molar-refractivity contribution < 1.29 is 14.6 Å². The van der Waals surface area contributed by atoms with E-state index < -0.39 is 5.97 Å². The Labute approximate surface area is 98.8 Å². The van der Waals surface area contributed by atoms with Crippen molar-refractivity contribution in [2.75, 3.05) is 0 Å². The number of aromatic nitrogens is 1. The molecular weight excluding hydrogens is 218 g/mol. The quantitative estimate of drug-likeness (QED) is 0.599. The maximum atomic E-state index is 11.5. The molecule has 0 radical (unpaired) electrons. The van der Waals surface area contributed by atoms with Crippen LogP contribution in [0.3, 0.4) is 0 Å². The van der Waals surface area contributed by atoms with Crippen LogP contribution in [0.25, 0.3) is 0 Å². The third kappa shape index (κ3) is 3.04. The molecule has 0 aliphatic heterocycles. The van der Waals surface area contributed by atoms with Gasteiger partial charge in [-0.05, 0) is 31.2 Å². The number of pyridine rings is 1. The SMILES string of the molecule is Cc1ccc(OOC(=O)c2ccccc2)cn1. The second-order valence-electron chi connectivity index (χ2n) is 3.46. The van der Waals surface area contributed by atoms with Gasteiger partial charge in [-0.2, -0.15) is 0 Å². The maximum Gasteiger partial charge on any atom is 0.386 e. The van der Waals surface area contributed by atoms with Crippen molar-refractivity contribution in [3.8, 4) is 5.75 Å². The van der Waals surface area contributed by atoms with Crippen LogP contribution in [-0.2, 0) is 4.89 Å². The average Bonchev–Trinajstić information content (AvgIpc) is 2.39. The van der Waals surface area contributed by atoms with E-state index in [1.54, 1.807) is 36.4 Å². The van der Waals surface area contributed by atoms with E-state index in [2.05, 4.69) is 9.87 Å². The first-order valence-corrected chi connectivity index (χ1v) is 5.12. The van der Waals surface area contributed by atoms with Crippen LogP contribution >= 0.6 is 0 Å². The molecule has 0 bridgehead atoms. The number of aryl methyl sites for hydroxylation is 1. The van der Waals surface area contributed by atoms with Gasteiger partial charge in [0.1, 0.15) is 0 Å². The van der Waals surface area contributed by atoms with Crippen LogP contribution in [0.4, 0.5) is 0 Å². The minimum absolute atomic E-state index is 0.389. The summed E-state index contributed by atoms with van der Waals surface area (Å²) in [5.74, 6) is -0.147. The van der Waals surface area contributed by atoms with E-state index in [1.165, 1.54) is 6.20 Å². The lowest BCUT2D eigenvalue weighted by atomic mass is 10.2. The highest BCUT2D eigenvalue weighted by atomic mass is 17.2. The van der Waals surface area contributed by atoms with E-state index in [1.807, 2.05) is 13.0 Å². The lowest BCUT2D eigenvalue weighted by Gasteiger charge is -2.03. The second-order valence-corrected chi connectivity index (χ2v) is 3.46. The molecule has 0 saturated carbocycles. The first-order chi connectivity index (χ1) is 8.25. The first-order valence-electron chi connectivity index (χ1n) is 5.12. The van der Waals surface area contributed by atoms with Crippen molar-refractivity contribution in [2.45, 2.75) is 6.92 Å². The summed E-state index contributed by atoms with van der Waals surface area (Å²) in [6, 6.07) is 12.1. The average molecular weight is 229 g/mol. The molecule has 0 N–H and O–H groups in total. The van der Waals surface area contributed by atoms with Gasteiger partial charge in [0.25, 0.3) is 0 Å². The summed E-state index contributed by atoms with van der Waals surface area (Å²) in [7, 11) is 0. The van der Waals surface area contributed by atoms with Gasteiger partial charge in [-0.15, -0.1) is 0 Å². The molecule has 0 saturated heterocycles. The molecule has 2 aromatic rings.